The number of carbonyl (C=O) groups excluding carboxylic acids is 1. The van der Waals surface area contributed by atoms with Crippen LogP contribution in [0.25, 0.3) is 0 Å². The van der Waals surface area contributed by atoms with Crippen LogP contribution in [0.4, 0.5) is 24.5 Å². The highest BCUT2D eigenvalue weighted by Gasteiger charge is 2.34. The summed E-state index contributed by atoms with van der Waals surface area (Å²) in [5.41, 5.74) is -0.848. The average Bonchev–Trinajstić information content (AvgIpc) is 2.74. The van der Waals surface area contributed by atoms with Gasteiger partial charge in [-0.2, -0.15) is 13.2 Å². The van der Waals surface area contributed by atoms with E-state index in [4.69, 9.17) is 23.2 Å². The molecule has 174 valence electrons. The fourth-order valence-corrected chi connectivity index (χ4v) is 4.86. The van der Waals surface area contributed by atoms with Crippen molar-refractivity contribution in [1.29, 1.82) is 0 Å². The largest absolute Gasteiger partial charge is 0.418 e. The first-order valence-electron chi connectivity index (χ1n) is 9.41. The molecule has 33 heavy (non-hydrogen) atoms. The molecule has 0 aromatic heterocycles. The lowest BCUT2D eigenvalue weighted by Crippen LogP contribution is -2.38. The molecule has 11 heteroatoms. The number of hydrogen-bond donors (Lipinski definition) is 1. The maximum Gasteiger partial charge on any atom is 0.418 e. The minimum Gasteiger partial charge on any atom is -0.324 e. The van der Waals surface area contributed by atoms with E-state index in [0.29, 0.717) is 4.31 Å². The molecule has 0 spiro atoms. The van der Waals surface area contributed by atoms with E-state index in [1.807, 2.05) is 0 Å². The van der Waals surface area contributed by atoms with Crippen LogP contribution >= 0.6 is 23.2 Å². The summed E-state index contributed by atoms with van der Waals surface area (Å²) in [5.74, 6) is -1.00. The zero-order valence-corrected chi connectivity index (χ0v) is 19.4. The molecule has 3 rings (SSSR count). The summed E-state index contributed by atoms with van der Waals surface area (Å²) in [7, 11) is -4.33. The van der Waals surface area contributed by atoms with E-state index in [0.717, 1.165) is 17.7 Å². The molecule has 0 fully saturated rings. The van der Waals surface area contributed by atoms with Crippen LogP contribution in [-0.4, -0.2) is 20.9 Å². The van der Waals surface area contributed by atoms with Crippen molar-refractivity contribution >= 4 is 50.5 Å². The average molecular weight is 517 g/mol. The quantitative estimate of drug-likeness (QED) is 0.426. The Labute approximate surface area is 198 Å². The summed E-state index contributed by atoms with van der Waals surface area (Å²) in [4.78, 5) is 12.6. The van der Waals surface area contributed by atoms with Gasteiger partial charge in [-0.3, -0.25) is 9.10 Å². The highest BCUT2D eigenvalue weighted by Crippen LogP contribution is 2.36. The number of anilines is 2. The first-order valence-corrected chi connectivity index (χ1v) is 11.6. The van der Waals surface area contributed by atoms with Crippen molar-refractivity contribution in [2.45, 2.75) is 18.0 Å². The van der Waals surface area contributed by atoms with Gasteiger partial charge in [0, 0.05) is 0 Å². The van der Waals surface area contributed by atoms with Crippen LogP contribution in [0.5, 0.6) is 0 Å². The van der Waals surface area contributed by atoms with Crippen LogP contribution in [0.15, 0.2) is 71.6 Å². The van der Waals surface area contributed by atoms with Crippen LogP contribution in [0.2, 0.25) is 10.0 Å². The second-order valence-electron chi connectivity index (χ2n) is 6.99. The molecule has 3 aromatic carbocycles. The molecule has 1 N–H and O–H groups in total. The summed E-state index contributed by atoms with van der Waals surface area (Å²) < 4.78 is 67.3. The normalized spacial score (nSPS) is 11.8. The number of para-hydroxylation sites is 1. The van der Waals surface area contributed by atoms with Gasteiger partial charge < -0.3 is 5.32 Å². The highest BCUT2D eigenvalue weighted by molar-refractivity contribution is 7.92. The van der Waals surface area contributed by atoms with Gasteiger partial charge in [-0.1, -0.05) is 59.1 Å². The van der Waals surface area contributed by atoms with Crippen LogP contribution in [0.1, 0.15) is 11.1 Å². The Balaban J connectivity index is 2.02. The van der Waals surface area contributed by atoms with Crippen LogP contribution in [-0.2, 0) is 21.0 Å². The molecule has 0 unspecified atom stereocenters. The summed E-state index contributed by atoms with van der Waals surface area (Å²) in [6.45, 7) is 0.927. The van der Waals surface area contributed by atoms with Crippen molar-refractivity contribution in [3.63, 3.8) is 0 Å². The predicted molar refractivity (Wildman–Crippen MR) is 122 cm³/mol. The number of benzene rings is 3. The van der Waals surface area contributed by atoms with Crippen LogP contribution < -0.4 is 9.62 Å². The van der Waals surface area contributed by atoms with Gasteiger partial charge in [0.1, 0.15) is 6.54 Å². The van der Waals surface area contributed by atoms with Gasteiger partial charge in [0.25, 0.3) is 10.0 Å². The van der Waals surface area contributed by atoms with E-state index in [2.05, 4.69) is 5.32 Å². The predicted octanol–water partition coefficient (Wildman–Crippen LogP) is 6.15. The summed E-state index contributed by atoms with van der Waals surface area (Å²) in [5, 5.41) is 2.06. The fourth-order valence-electron chi connectivity index (χ4n) is 2.98. The maximum absolute atomic E-state index is 13.4. The number of halogens is 5. The van der Waals surface area contributed by atoms with Crippen LogP contribution in [0, 0.1) is 6.92 Å². The molecule has 3 aromatic rings. The minimum absolute atomic E-state index is 0.0427. The van der Waals surface area contributed by atoms with Gasteiger partial charge in [0.05, 0.1) is 31.9 Å². The molecule has 0 radical (unpaired) electrons. The Morgan fingerprint density at radius 3 is 2.24 bits per heavy atom. The monoisotopic (exact) mass is 516 g/mol. The number of amides is 1. The SMILES string of the molecule is Cc1ccc(S(=O)(=O)N(CC(=O)Nc2ccccc2C(F)(F)F)c2cccc(Cl)c2Cl)cc1. The summed E-state index contributed by atoms with van der Waals surface area (Å²) in [6, 6.07) is 14.5. The minimum atomic E-state index is -4.71. The van der Waals surface area contributed by atoms with E-state index in [1.54, 1.807) is 19.1 Å². The zero-order chi connectivity index (χ0) is 24.4. The molecule has 5 nitrogen and oxygen atoms in total. The fraction of sp³-hybridized carbons (Fsp3) is 0.136. The second kappa shape index (κ2) is 9.62. The molecule has 0 bridgehead atoms. The van der Waals surface area contributed by atoms with Crippen molar-refractivity contribution in [3.8, 4) is 0 Å². The van der Waals surface area contributed by atoms with Gasteiger partial charge in [-0.25, -0.2) is 8.42 Å². The van der Waals surface area contributed by atoms with Gasteiger partial charge in [-0.05, 0) is 43.3 Å². The lowest BCUT2D eigenvalue weighted by Gasteiger charge is -2.25. The third-order valence-corrected chi connectivity index (χ3v) is 7.19. The lowest BCUT2D eigenvalue weighted by molar-refractivity contribution is -0.137. The van der Waals surface area contributed by atoms with E-state index in [1.165, 1.54) is 42.5 Å². The summed E-state index contributed by atoms with van der Waals surface area (Å²) >= 11 is 12.2. The van der Waals surface area contributed by atoms with Gasteiger partial charge in [0.2, 0.25) is 5.91 Å². The number of rotatable bonds is 6. The van der Waals surface area contributed by atoms with Crippen molar-refractivity contribution in [1.82, 2.24) is 0 Å². The Morgan fingerprint density at radius 1 is 0.970 bits per heavy atom. The van der Waals surface area contributed by atoms with E-state index in [-0.39, 0.29) is 20.6 Å². The maximum atomic E-state index is 13.4. The molecule has 0 heterocycles. The number of hydrogen-bond acceptors (Lipinski definition) is 3. The highest BCUT2D eigenvalue weighted by atomic mass is 35.5. The topological polar surface area (TPSA) is 66.5 Å². The molecule has 0 aliphatic heterocycles. The number of carbonyl (C=O) groups is 1. The molecular formula is C22H17Cl2F3N2O3S. The van der Waals surface area contributed by atoms with E-state index >= 15 is 0 Å². The number of aryl methyl sites for hydroxylation is 1. The van der Waals surface area contributed by atoms with Crippen molar-refractivity contribution in [2.24, 2.45) is 0 Å². The summed E-state index contributed by atoms with van der Waals surface area (Å²) in [6.07, 6.45) is -4.71. The second-order valence-corrected chi connectivity index (χ2v) is 9.64. The Hall–Kier alpha value is -2.75. The molecule has 0 saturated carbocycles. The lowest BCUT2D eigenvalue weighted by atomic mass is 10.1. The van der Waals surface area contributed by atoms with E-state index in [9.17, 15) is 26.4 Å². The van der Waals surface area contributed by atoms with Gasteiger partial charge in [-0.15, -0.1) is 0 Å². The molecule has 0 aliphatic rings. The first-order chi connectivity index (χ1) is 15.4. The number of alkyl halides is 3. The number of nitrogens with zero attached hydrogens (tertiary/aromatic N) is 1. The molecular weight excluding hydrogens is 500 g/mol. The Bertz CT molecular complexity index is 1280. The Morgan fingerprint density at radius 2 is 1.61 bits per heavy atom. The number of sulfonamides is 1. The standard InChI is InChI=1S/C22H17Cl2F3N2O3S/c1-14-9-11-15(12-10-14)33(31,32)29(19-8-4-6-17(23)21(19)24)13-20(30)28-18-7-3-2-5-16(18)22(25,26)27/h2-12H,13H2,1H3,(H,28,30). The molecule has 0 saturated heterocycles. The first kappa shape index (κ1) is 24.9. The molecule has 0 atom stereocenters. The Kier molecular flexibility index (Phi) is 7.26. The third-order valence-electron chi connectivity index (χ3n) is 4.60. The number of nitrogens with one attached hydrogen (secondary N) is 1. The third kappa shape index (κ3) is 5.61. The smallest absolute Gasteiger partial charge is 0.324 e. The van der Waals surface area contributed by atoms with Gasteiger partial charge in [0.15, 0.2) is 0 Å². The van der Waals surface area contributed by atoms with E-state index < -0.39 is 39.9 Å². The van der Waals surface area contributed by atoms with Crippen molar-refractivity contribution < 1.29 is 26.4 Å². The molecule has 1 amide bonds. The van der Waals surface area contributed by atoms with Crippen LogP contribution in [0.3, 0.4) is 0 Å². The zero-order valence-electron chi connectivity index (χ0n) is 17.0. The van der Waals surface area contributed by atoms with Crippen molar-refractivity contribution in [2.75, 3.05) is 16.2 Å². The van der Waals surface area contributed by atoms with Gasteiger partial charge >= 0.3 is 6.18 Å². The molecule has 0 aliphatic carbocycles. The van der Waals surface area contributed by atoms with Crippen molar-refractivity contribution in [3.05, 3.63) is 87.9 Å².